The molecule has 27 heavy (non-hydrogen) atoms. The van der Waals surface area contributed by atoms with Gasteiger partial charge < -0.3 is 15.2 Å². The highest BCUT2D eigenvalue weighted by Gasteiger charge is 2.25. The summed E-state index contributed by atoms with van der Waals surface area (Å²) in [6.45, 7) is 1.51. The summed E-state index contributed by atoms with van der Waals surface area (Å²) in [5, 5.41) is 22.8. The van der Waals surface area contributed by atoms with Crippen LogP contribution in [0.3, 0.4) is 0 Å². The molecule has 0 aromatic heterocycles. The molecule has 0 spiro atoms. The third-order valence-electron chi connectivity index (χ3n) is 3.69. The molecule has 2 rings (SSSR count). The Hall–Kier alpha value is -3.13. The number of aliphatic carboxylic acids is 1. The van der Waals surface area contributed by atoms with Crippen LogP contribution in [0.25, 0.3) is 0 Å². The van der Waals surface area contributed by atoms with Gasteiger partial charge in [0.05, 0.1) is 17.4 Å². The molecule has 0 radical (unpaired) electrons. The summed E-state index contributed by atoms with van der Waals surface area (Å²) in [6, 6.07) is 11.2. The first kappa shape index (κ1) is 20.2. The van der Waals surface area contributed by atoms with E-state index in [2.05, 4.69) is 5.32 Å². The van der Waals surface area contributed by atoms with Gasteiger partial charge in [-0.1, -0.05) is 29.8 Å². The van der Waals surface area contributed by atoms with E-state index in [-0.39, 0.29) is 16.3 Å². The number of nitro benzene ring substituents is 1. The molecule has 0 aliphatic heterocycles. The molecule has 2 unspecified atom stereocenters. The van der Waals surface area contributed by atoms with Gasteiger partial charge in [0.1, 0.15) is 5.75 Å². The number of hydrogen-bond acceptors (Lipinski definition) is 5. The van der Waals surface area contributed by atoms with Crippen molar-refractivity contribution in [2.75, 3.05) is 0 Å². The topological polar surface area (TPSA) is 119 Å². The maximum absolute atomic E-state index is 12.4. The van der Waals surface area contributed by atoms with Gasteiger partial charge in [-0.05, 0) is 25.1 Å². The summed E-state index contributed by atoms with van der Waals surface area (Å²) in [4.78, 5) is 34.0. The fourth-order valence-corrected chi connectivity index (χ4v) is 2.62. The van der Waals surface area contributed by atoms with Gasteiger partial charge in [-0.2, -0.15) is 0 Å². The fourth-order valence-electron chi connectivity index (χ4n) is 2.37. The number of amides is 1. The van der Waals surface area contributed by atoms with E-state index in [1.54, 1.807) is 30.3 Å². The number of hydrogen-bond donors (Lipinski definition) is 2. The predicted octanol–water partition coefficient (Wildman–Crippen LogP) is 3.35. The Labute approximate surface area is 159 Å². The van der Waals surface area contributed by atoms with Gasteiger partial charge in [0.15, 0.2) is 6.10 Å². The minimum absolute atomic E-state index is 0.115. The zero-order chi connectivity index (χ0) is 20.0. The Morgan fingerprint density at radius 1 is 1.26 bits per heavy atom. The number of carbonyl (C=O) groups is 2. The van der Waals surface area contributed by atoms with Crippen molar-refractivity contribution in [2.24, 2.45) is 0 Å². The largest absolute Gasteiger partial charge is 0.481 e. The molecule has 2 N–H and O–H groups in total. The molecule has 142 valence electrons. The van der Waals surface area contributed by atoms with Crippen LogP contribution in [0.5, 0.6) is 5.75 Å². The van der Waals surface area contributed by atoms with Crippen LogP contribution in [-0.4, -0.2) is 28.0 Å². The Kier molecular flexibility index (Phi) is 6.73. The van der Waals surface area contributed by atoms with Gasteiger partial charge in [0, 0.05) is 22.7 Å². The molecule has 0 saturated carbocycles. The number of ether oxygens (including phenoxy) is 1. The normalized spacial score (nSPS) is 12.7. The number of nitro groups is 1. The molecule has 1 amide bonds. The standard InChI is InChI=1S/C18H17ClN2O6/c1-11(27-13-5-3-2-4-6-13)18(24)20-16(10-17(22)23)14-9-12(21(25)26)7-8-15(14)19/h2-9,11,16H,10H2,1H3,(H,20,24)(H,22,23). The van der Waals surface area contributed by atoms with Crippen LogP contribution >= 0.6 is 11.6 Å². The monoisotopic (exact) mass is 392 g/mol. The number of rotatable bonds is 8. The zero-order valence-corrected chi connectivity index (χ0v) is 15.1. The van der Waals surface area contributed by atoms with Crippen molar-refractivity contribution in [1.82, 2.24) is 5.32 Å². The summed E-state index contributed by atoms with van der Waals surface area (Å²) >= 11 is 6.07. The second-order valence-electron chi connectivity index (χ2n) is 5.70. The third kappa shape index (κ3) is 5.68. The minimum Gasteiger partial charge on any atom is -0.481 e. The van der Waals surface area contributed by atoms with E-state index in [9.17, 15) is 19.7 Å². The van der Waals surface area contributed by atoms with Crippen LogP contribution in [0.15, 0.2) is 48.5 Å². The average molecular weight is 393 g/mol. The lowest BCUT2D eigenvalue weighted by atomic mass is 10.0. The maximum atomic E-state index is 12.4. The summed E-state index contributed by atoms with van der Waals surface area (Å²) in [7, 11) is 0. The van der Waals surface area contributed by atoms with Crippen molar-refractivity contribution >= 4 is 29.2 Å². The number of benzene rings is 2. The molecule has 0 aliphatic rings. The number of carbonyl (C=O) groups excluding carboxylic acids is 1. The lowest BCUT2D eigenvalue weighted by molar-refractivity contribution is -0.384. The number of carboxylic acids is 1. The molecule has 0 saturated heterocycles. The highest BCUT2D eigenvalue weighted by atomic mass is 35.5. The molecule has 2 aromatic carbocycles. The highest BCUT2D eigenvalue weighted by molar-refractivity contribution is 6.31. The molecular formula is C18H17ClN2O6. The smallest absolute Gasteiger partial charge is 0.305 e. The van der Waals surface area contributed by atoms with Crippen molar-refractivity contribution in [1.29, 1.82) is 0 Å². The van der Waals surface area contributed by atoms with Crippen LogP contribution in [0.1, 0.15) is 24.9 Å². The Morgan fingerprint density at radius 2 is 1.93 bits per heavy atom. The number of halogens is 1. The molecule has 0 bridgehead atoms. The molecule has 0 fully saturated rings. The number of non-ortho nitro benzene ring substituents is 1. The summed E-state index contributed by atoms with van der Waals surface area (Å²) in [5.74, 6) is -1.30. The van der Waals surface area contributed by atoms with Gasteiger partial charge in [0.25, 0.3) is 11.6 Å². The molecule has 2 aromatic rings. The molecule has 8 nitrogen and oxygen atoms in total. The molecule has 0 aliphatic carbocycles. The van der Waals surface area contributed by atoms with E-state index in [0.717, 1.165) is 6.07 Å². The SMILES string of the molecule is CC(Oc1ccccc1)C(=O)NC(CC(=O)O)c1cc([N+](=O)[O-])ccc1Cl. The molecule has 0 heterocycles. The second kappa shape index (κ2) is 9.00. The quantitative estimate of drug-likeness (QED) is 0.525. The molecule has 9 heteroatoms. The van der Waals surface area contributed by atoms with Gasteiger partial charge in [0.2, 0.25) is 0 Å². The number of nitrogens with zero attached hydrogens (tertiary/aromatic N) is 1. The lowest BCUT2D eigenvalue weighted by Crippen LogP contribution is -2.39. The van der Waals surface area contributed by atoms with Crippen LogP contribution in [0, 0.1) is 10.1 Å². The van der Waals surface area contributed by atoms with E-state index in [4.69, 9.17) is 21.4 Å². The fraction of sp³-hybridized carbons (Fsp3) is 0.222. The van der Waals surface area contributed by atoms with E-state index in [1.165, 1.54) is 19.1 Å². The van der Waals surface area contributed by atoms with Crippen molar-refractivity contribution in [3.63, 3.8) is 0 Å². The van der Waals surface area contributed by atoms with E-state index in [1.807, 2.05) is 0 Å². The Bertz CT molecular complexity index is 843. The highest BCUT2D eigenvalue weighted by Crippen LogP contribution is 2.29. The number of carboxylic acid groups (broad SMARTS) is 1. The second-order valence-corrected chi connectivity index (χ2v) is 6.10. The van der Waals surface area contributed by atoms with E-state index >= 15 is 0 Å². The lowest BCUT2D eigenvalue weighted by Gasteiger charge is -2.21. The third-order valence-corrected chi connectivity index (χ3v) is 4.03. The predicted molar refractivity (Wildman–Crippen MR) is 97.8 cm³/mol. The number of para-hydroxylation sites is 1. The van der Waals surface area contributed by atoms with Crippen molar-refractivity contribution in [2.45, 2.75) is 25.5 Å². The van der Waals surface area contributed by atoms with Gasteiger partial charge >= 0.3 is 5.97 Å². The van der Waals surface area contributed by atoms with Gasteiger partial charge in [-0.3, -0.25) is 19.7 Å². The number of nitrogens with one attached hydrogen (secondary N) is 1. The molecular weight excluding hydrogens is 376 g/mol. The van der Waals surface area contributed by atoms with Crippen LogP contribution in [-0.2, 0) is 9.59 Å². The van der Waals surface area contributed by atoms with E-state index in [0.29, 0.717) is 5.75 Å². The maximum Gasteiger partial charge on any atom is 0.305 e. The summed E-state index contributed by atoms with van der Waals surface area (Å²) < 4.78 is 5.51. The minimum atomic E-state index is -1.19. The van der Waals surface area contributed by atoms with Crippen LogP contribution < -0.4 is 10.1 Å². The van der Waals surface area contributed by atoms with Gasteiger partial charge in [-0.15, -0.1) is 0 Å². The van der Waals surface area contributed by atoms with Crippen molar-refractivity contribution in [3.8, 4) is 5.75 Å². The van der Waals surface area contributed by atoms with Gasteiger partial charge in [-0.25, -0.2) is 0 Å². The Morgan fingerprint density at radius 3 is 2.52 bits per heavy atom. The summed E-state index contributed by atoms with van der Waals surface area (Å²) in [6.07, 6.45) is -1.41. The average Bonchev–Trinajstić information content (AvgIpc) is 2.61. The zero-order valence-electron chi connectivity index (χ0n) is 14.3. The van der Waals surface area contributed by atoms with Crippen LogP contribution in [0.4, 0.5) is 5.69 Å². The van der Waals surface area contributed by atoms with Crippen molar-refractivity contribution in [3.05, 3.63) is 69.2 Å². The Balaban J connectivity index is 2.21. The van der Waals surface area contributed by atoms with E-state index < -0.39 is 35.4 Å². The first-order chi connectivity index (χ1) is 12.8. The first-order valence-corrected chi connectivity index (χ1v) is 8.33. The van der Waals surface area contributed by atoms with Crippen molar-refractivity contribution < 1.29 is 24.4 Å². The summed E-state index contributed by atoms with van der Waals surface area (Å²) in [5.41, 5.74) is -0.110. The first-order valence-electron chi connectivity index (χ1n) is 7.95. The van der Waals surface area contributed by atoms with Crippen LogP contribution in [0.2, 0.25) is 5.02 Å². The molecule has 2 atom stereocenters.